The Kier molecular flexibility index (Phi) is 7.38. The van der Waals surface area contributed by atoms with Crippen molar-refractivity contribution in [1.82, 2.24) is 10.6 Å². The van der Waals surface area contributed by atoms with E-state index in [0.717, 1.165) is 11.1 Å². The highest BCUT2D eigenvalue weighted by molar-refractivity contribution is 5.71. The Labute approximate surface area is 173 Å². The number of nitrogens with one attached hydrogen (secondary N) is 2. The number of ether oxygens (including phenoxy) is 2. The molecular weight excluding hydrogens is 387 g/mol. The Morgan fingerprint density at radius 2 is 1.13 bits per heavy atom. The third-order valence-corrected chi connectivity index (χ3v) is 4.17. The van der Waals surface area contributed by atoms with Gasteiger partial charge in [-0.2, -0.15) is 0 Å². The molecule has 0 aliphatic rings. The van der Waals surface area contributed by atoms with Crippen LogP contribution in [0.15, 0.2) is 84.9 Å². The monoisotopic (exact) mass is 408 g/mol. The highest BCUT2D eigenvalue weighted by Crippen LogP contribution is 2.15. The van der Waals surface area contributed by atoms with E-state index in [1.54, 1.807) is 30.3 Å². The zero-order valence-corrected chi connectivity index (χ0v) is 16.1. The lowest BCUT2D eigenvalue weighted by molar-refractivity contribution is 0.122. The minimum atomic E-state index is -1.17. The van der Waals surface area contributed by atoms with E-state index in [1.807, 2.05) is 36.4 Å². The summed E-state index contributed by atoms with van der Waals surface area (Å²) in [6.07, 6.45) is -2.79. The molecule has 0 fully saturated rings. The minimum absolute atomic E-state index is 0.0368. The summed E-state index contributed by atoms with van der Waals surface area (Å²) in [7, 11) is 0. The number of carbonyl (C=O) groups excluding carboxylic acids is 2. The molecule has 0 saturated heterocycles. The first kappa shape index (κ1) is 20.9. The van der Waals surface area contributed by atoms with Crippen molar-refractivity contribution in [1.29, 1.82) is 0 Å². The molecule has 0 saturated carbocycles. The third kappa shape index (κ3) is 6.34. The van der Waals surface area contributed by atoms with Gasteiger partial charge in [-0.05, 0) is 17.2 Å². The number of hydrogen-bond acceptors (Lipinski definition) is 4. The molecule has 2 amide bonds. The molecule has 30 heavy (non-hydrogen) atoms. The largest absolute Gasteiger partial charge is 0.445 e. The summed E-state index contributed by atoms with van der Waals surface area (Å²) in [5, 5.41) is 4.92. The summed E-state index contributed by atoms with van der Waals surface area (Å²) in [5.74, 6) is -0.589. The fourth-order valence-corrected chi connectivity index (χ4v) is 2.67. The Morgan fingerprint density at radius 3 is 1.60 bits per heavy atom. The van der Waals surface area contributed by atoms with Gasteiger partial charge in [-0.15, -0.1) is 0 Å². The number of rotatable bonds is 7. The summed E-state index contributed by atoms with van der Waals surface area (Å²) in [5.41, 5.74) is 1.67. The van der Waals surface area contributed by atoms with Crippen LogP contribution < -0.4 is 10.6 Å². The van der Waals surface area contributed by atoms with Gasteiger partial charge in [0.1, 0.15) is 25.2 Å². The van der Waals surface area contributed by atoms with Crippen molar-refractivity contribution >= 4 is 12.2 Å². The van der Waals surface area contributed by atoms with Gasteiger partial charge in [0.25, 0.3) is 0 Å². The third-order valence-electron chi connectivity index (χ3n) is 4.17. The van der Waals surface area contributed by atoms with Crippen LogP contribution in [0.5, 0.6) is 0 Å². The summed E-state index contributed by atoms with van der Waals surface area (Å²) in [6.45, 7) is 0.0736. The number of benzene rings is 3. The molecule has 0 atom stereocenters. The smallest absolute Gasteiger partial charge is 0.409 e. The molecule has 7 heteroatoms. The van der Waals surface area contributed by atoms with Gasteiger partial charge in [-0.3, -0.25) is 10.6 Å². The molecule has 0 aliphatic heterocycles. The standard InChI is InChI=1S/C23H21FN2O4/c24-20-14-8-7-13-19(20)21(25-22(27)29-15-17-9-3-1-4-10-17)26-23(28)30-16-18-11-5-2-6-12-18/h1-14,21H,15-16H2,(H,25,27)(H,26,28). The highest BCUT2D eigenvalue weighted by Gasteiger charge is 2.21. The first-order valence-corrected chi connectivity index (χ1v) is 9.30. The predicted octanol–water partition coefficient (Wildman–Crippen LogP) is 4.68. The molecule has 0 radical (unpaired) electrons. The predicted molar refractivity (Wildman–Crippen MR) is 109 cm³/mol. The van der Waals surface area contributed by atoms with Crippen LogP contribution in [0.3, 0.4) is 0 Å². The summed E-state index contributed by atoms with van der Waals surface area (Å²) >= 11 is 0. The van der Waals surface area contributed by atoms with Gasteiger partial charge in [-0.25, -0.2) is 14.0 Å². The number of carbonyl (C=O) groups is 2. The van der Waals surface area contributed by atoms with E-state index in [2.05, 4.69) is 10.6 Å². The van der Waals surface area contributed by atoms with E-state index in [0.29, 0.717) is 0 Å². The number of alkyl carbamates (subject to hydrolysis) is 2. The lowest BCUT2D eigenvalue weighted by Gasteiger charge is -2.20. The molecule has 0 aromatic heterocycles. The maximum Gasteiger partial charge on any atom is 0.409 e. The molecule has 3 aromatic rings. The number of halogens is 1. The van der Waals surface area contributed by atoms with Gasteiger partial charge in [0.05, 0.1) is 0 Å². The average Bonchev–Trinajstić information content (AvgIpc) is 2.78. The van der Waals surface area contributed by atoms with E-state index >= 15 is 0 Å². The maximum absolute atomic E-state index is 14.3. The van der Waals surface area contributed by atoms with Crippen LogP contribution in [0.2, 0.25) is 0 Å². The average molecular weight is 408 g/mol. The Balaban J connectivity index is 1.62. The highest BCUT2D eigenvalue weighted by atomic mass is 19.1. The van der Waals surface area contributed by atoms with E-state index < -0.39 is 24.2 Å². The molecule has 154 valence electrons. The van der Waals surface area contributed by atoms with Gasteiger partial charge < -0.3 is 9.47 Å². The molecule has 3 rings (SSSR count). The van der Waals surface area contributed by atoms with Crippen LogP contribution in [0.25, 0.3) is 0 Å². The Hall–Kier alpha value is -3.87. The second-order valence-electron chi connectivity index (χ2n) is 6.37. The topological polar surface area (TPSA) is 76.7 Å². The van der Waals surface area contributed by atoms with Crippen molar-refractivity contribution in [3.8, 4) is 0 Å². The fourth-order valence-electron chi connectivity index (χ4n) is 2.67. The van der Waals surface area contributed by atoms with Crippen molar-refractivity contribution in [2.75, 3.05) is 0 Å². The van der Waals surface area contributed by atoms with E-state index in [4.69, 9.17) is 9.47 Å². The summed E-state index contributed by atoms with van der Waals surface area (Å²) < 4.78 is 24.6. The van der Waals surface area contributed by atoms with Crippen molar-refractivity contribution in [3.63, 3.8) is 0 Å². The summed E-state index contributed by atoms with van der Waals surface area (Å²) in [6, 6.07) is 24.0. The molecule has 0 aliphatic carbocycles. The SMILES string of the molecule is O=C(NC(NC(=O)OCc1ccccc1)c1ccccc1F)OCc1ccccc1. The van der Waals surface area contributed by atoms with E-state index in [9.17, 15) is 14.0 Å². The van der Waals surface area contributed by atoms with Crippen LogP contribution in [0.4, 0.5) is 14.0 Å². The minimum Gasteiger partial charge on any atom is -0.445 e. The molecule has 0 spiro atoms. The molecule has 0 heterocycles. The van der Waals surface area contributed by atoms with Crippen LogP contribution in [0.1, 0.15) is 22.9 Å². The lowest BCUT2D eigenvalue weighted by Crippen LogP contribution is -2.42. The van der Waals surface area contributed by atoms with Crippen LogP contribution in [0, 0.1) is 5.82 Å². The normalized spacial score (nSPS) is 10.3. The maximum atomic E-state index is 14.3. The fraction of sp³-hybridized carbons (Fsp3) is 0.130. The Morgan fingerprint density at radius 1 is 0.700 bits per heavy atom. The first-order chi connectivity index (χ1) is 14.6. The molecule has 0 bridgehead atoms. The first-order valence-electron chi connectivity index (χ1n) is 9.30. The van der Waals surface area contributed by atoms with E-state index in [1.165, 1.54) is 18.2 Å². The van der Waals surface area contributed by atoms with Gasteiger partial charge in [0, 0.05) is 5.56 Å². The molecule has 2 N–H and O–H groups in total. The van der Waals surface area contributed by atoms with Gasteiger partial charge in [0.15, 0.2) is 0 Å². The summed E-state index contributed by atoms with van der Waals surface area (Å²) in [4.78, 5) is 24.4. The van der Waals surface area contributed by atoms with Crippen molar-refractivity contribution < 1.29 is 23.5 Å². The van der Waals surface area contributed by atoms with Crippen molar-refractivity contribution in [2.24, 2.45) is 0 Å². The molecule has 0 unspecified atom stereocenters. The van der Waals surface area contributed by atoms with Crippen molar-refractivity contribution in [3.05, 3.63) is 107 Å². The molecular formula is C23H21FN2O4. The Bertz CT molecular complexity index is 910. The van der Waals surface area contributed by atoms with Crippen molar-refractivity contribution in [2.45, 2.75) is 19.4 Å². The van der Waals surface area contributed by atoms with Crippen LogP contribution in [-0.2, 0) is 22.7 Å². The van der Waals surface area contributed by atoms with Gasteiger partial charge >= 0.3 is 12.2 Å². The molecule has 3 aromatic carbocycles. The van der Waals surface area contributed by atoms with E-state index in [-0.39, 0.29) is 18.8 Å². The quantitative estimate of drug-likeness (QED) is 0.557. The zero-order chi connectivity index (χ0) is 21.2. The zero-order valence-electron chi connectivity index (χ0n) is 16.1. The van der Waals surface area contributed by atoms with Crippen LogP contribution >= 0.6 is 0 Å². The molecule has 6 nitrogen and oxygen atoms in total. The van der Waals surface area contributed by atoms with Gasteiger partial charge in [0.2, 0.25) is 0 Å². The number of amides is 2. The van der Waals surface area contributed by atoms with Gasteiger partial charge in [-0.1, -0.05) is 78.9 Å². The lowest BCUT2D eigenvalue weighted by atomic mass is 10.1. The second-order valence-corrected chi connectivity index (χ2v) is 6.37. The second kappa shape index (κ2) is 10.6. The van der Waals surface area contributed by atoms with Crippen LogP contribution in [-0.4, -0.2) is 12.2 Å². The number of hydrogen-bond donors (Lipinski definition) is 2.